The molecule has 0 radical (unpaired) electrons. The lowest BCUT2D eigenvalue weighted by Crippen LogP contribution is -2.42. The second-order valence-corrected chi connectivity index (χ2v) is 4.54. The molecule has 1 aromatic rings. The predicted octanol–water partition coefficient (Wildman–Crippen LogP) is 1.34. The number of hydrogen-bond acceptors (Lipinski definition) is 5. The summed E-state index contributed by atoms with van der Waals surface area (Å²) in [5.41, 5.74) is 6.71. The van der Waals surface area contributed by atoms with Gasteiger partial charge in [0.25, 0.3) is 5.91 Å². The molecule has 1 aliphatic rings. The van der Waals surface area contributed by atoms with Crippen molar-refractivity contribution in [2.45, 2.75) is 19.8 Å². The topological polar surface area (TPSA) is 81.9 Å². The Morgan fingerprint density at radius 2 is 2.30 bits per heavy atom. The summed E-state index contributed by atoms with van der Waals surface area (Å²) in [6, 6.07) is 5.12. The Morgan fingerprint density at radius 1 is 1.50 bits per heavy atom. The third-order valence-electron chi connectivity index (χ3n) is 3.00. The zero-order valence-corrected chi connectivity index (χ0v) is 11.4. The summed E-state index contributed by atoms with van der Waals surface area (Å²) >= 11 is 0. The van der Waals surface area contributed by atoms with Gasteiger partial charge < -0.3 is 15.2 Å². The lowest BCUT2D eigenvalue weighted by Gasteiger charge is -2.29. The molecule has 0 spiro atoms. The van der Waals surface area contributed by atoms with Gasteiger partial charge in [0.05, 0.1) is 12.3 Å². The number of benzene rings is 1. The summed E-state index contributed by atoms with van der Waals surface area (Å²) in [7, 11) is 0. The lowest BCUT2D eigenvalue weighted by atomic mass is 10.2. The van der Waals surface area contributed by atoms with E-state index in [1.807, 2.05) is 6.92 Å². The van der Waals surface area contributed by atoms with Crippen LogP contribution in [0.5, 0.6) is 5.75 Å². The quantitative estimate of drug-likeness (QED) is 0.499. The van der Waals surface area contributed by atoms with E-state index in [1.54, 1.807) is 18.2 Å². The van der Waals surface area contributed by atoms with Gasteiger partial charge in [-0.2, -0.15) is 0 Å². The Hall–Kier alpha value is -2.24. The van der Waals surface area contributed by atoms with E-state index in [0.717, 1.165) is 12.8 Å². The van der Waals surface area contributed by atoms with Gasteiger partial charge in [-0.15, -0.1) is 0 Å². The number of nitrogen functional groups attached to an aromatic ring is 1. The Bertz CT molecular complexity index is 516. The number of amides is 1. The van der Waals surface area contributed by atoms with Crippen LogP contribution in [-0.2, 0) is 14.3 Å². The van der Waals surface area contributed by atoms with Gasteiger partial charge in [-0.25, -0.2) is 0 Å². The van der Waals surface area contributed by atoms with Crippen molar-refractivity contribution >= 4 is 23.3 Å². The molecule has 0 aliphatic carbocycles. The van der Waals surface area contributed by atoms with Crippen LogP contribution in [0.15, 0.2) is 18.2 Å². The van der Waals surface area contributed by atoms with Crippen LogP contribution >= 0.6 is 0 Å². The molecule has 2 rings (SSSR count). The van der Waals surface area contributed by atoms with Crippen molar-refractivity contribution in [1.29, 1.82) is 0 Å². The summed E-state index contributed by atoms with van der Waals surface area (Å²) in [5.74, 6) is -0.239. The van der Waals surface area contributed by atoms with Crippen molar-refractivity contribution in [1.82, 2.24) is 0 Å². The molecule has 108 valence electrons. The standard InChI is InChI=1S/C14H18N2O4/c1-2-3-7-19-13(18)8-16-12(17)9-20-11-6-4-5-10(15)14(11)16/h4-6H,2-3,7-9,15H2,1H3. The number of fused-ring (bicyclic) bond motifs is 1. The number of hydrogen-bond donors (Lipinski definition) is 1. The highest BCUT2D eigenvalue weighted by atomic mass is 16.5. The predicted molar refractivity (Wildman–Crippen MR) is 74.6 cm³/mol. The van der Waals surface area contributed by atoms with Crippen LogP contribution in [0.2, 0.25) is 0 Å². The third-order valence-corrected chi connectivity index (χ3v) is 3.00. The van der Waals surface area contributed by atoms with Crippen LogP contribution in [0.25, 0.3) is 0 Å². The molecule has 1 aliphatic heterocycles. The Kier molecular flexibility index (Phi) is 4.45. The first kappa shape index (κ1) is 14.2. The van der Waals surface area contributed by atoms with Crippen LogP contribution in [0.1, 0.15) is 19.8 Å². The van der Waals surface area contributed by atoms with Crippen LogP contribution in [-0.4, -0.2) is 31.6 Å². The molecule has 0 saturated heterocycles. The summed E-state index contributed by atoms with van der Waals surface area (Å²) in [4.78, 5) is 25.0. The lowest BCUT2D eigenvalue weighted by molar-refractivity contribution is -0.143. The molecule has 0 fully saturated rings. The van der Waals surface area contributed by atoms with E-state index in [2.05, 4.69) is 0 Å². The number of esters is 1. The van der Waals surface area contributed by atoms with Crippen molar-refractivity contribution in [3.8, 4) is 5.75 Å². The minimum Gasteiger partial charge on any atom is -0.481 e. The first-order valence-corrected chi connectivity index (χ1v) is 6.60. The molecule has 1 aromatic carbocycles. The number of unbranched alkanes of at least 4 members (excludes halogenated alkanes) is 1. The average Bonchev–Trinajstić information content (AvgIpc) is 2.42. The zero-order valence-electron chi connectivity index (χ0n) is 11.4. The van der Waals surface area contributed by atoms with E-state index < -0.39 is 5.97 Å². The van der Waals surface area contributed by atoms with Crippen molar-refractivity contribution in [2.24, 2.45) is 0 Å². The molecule has 1 amide bonds. The number of anilines is 2. The number of ether oxygens (including phenoxy) is 2. The number of carbonyl (C=O) groups is 2. The molecular weight excluding hydrogens is 260 g/mol. The van der Waals surface area contributed by atoms with Gasteiger partial charge in [0.15, 0.2) is 6.61 Å². The minimum atomic E-state index is -0.442. The number of nitrogens with zero attached hydrogens (tertiary/aromatic N) is 1. The van der Waals surface area contributed by atoms with E-state index in [9.17, 15) is 9.59 Å². The highest BCUT2D eigenvalue weighted by Crippen LogP contribution is 2.36. The van der Waals surface area contributed by atoms with Crippen molar-refractivity contribution in [3.05, 3.63) is 18.2 Å². The minimum absolute atomic E-state index is 0.0985. The first-order valence-electron chi connectivity index (χ1n) is 6.60. The SMILES string of the molecule is CCCCOC(=O)CN1C(=O)COc2cccc(N)c21. The third kappa shape index (κ3) is 3.01. The summed E-state index contributed by atoms with van der Waals surface area (Å²) in [6.45, 7) is 2.13. The Balaban J connectivity index is 2.11. The molecule has 1 heterocycles. The summed E-state index contributed by atoms with van der Waals surface area (Å²) < 4.78 is 10.4. The van der Waals surface area contributed by atoms with Crippen molar-refractivity contribution in [3.63, 3.8) is 0 Å². The molecule has 0 aromatic heterocycles. The maximum absolute atomic E-state index is 11.9. The van der Waals surface area contributed by atoms with Crippen LogP contribution in [0, 0.1) is 0 Å². The molecule has 20 heavy (non-hydrogen) atoms. The fourth-order valence-corrected chi connectivity index (χ4v) is 1.96. The fraction of sp³-hybridized carbons (Fsp3) is 0.429. The number of nitrogens with two attached hydrogens (primary N) is 1. The summed E-state index contributed by atoms with van der Waals surface area (Å²) in [6.07, 6.45) is 1.75. The van der Waals surface area contributed by atoms with Crippen molar-refractivity contribution < 1.29 is 19.1 Å². The maximum atomic E-state index is 11.9. The molecular formula is C14H18N2O4. The smallest absolute Gasteiger partial charge is 0.326 e. The largest absolute Gasteiger partial charge is 0.481 e. The fourth-order valence-electron chi connectivity index (χ4n) is 1.96. The van der Waals surface area contributed by atoms with Gasteiger partial charge >= 0.3 is 5.97 Å². The van der Waals surface area contributed by atoms with E-state index in [0.29, 0.717) is 23.7 Å². The van der Waals surface area contributed by atoms with Crippen LogP contribution in [0.4, 0.5) is 11.4 Å². The maximum Gasteiger partial charge on any atom is 0.326 e. The molecule has 0 atom stereocenters. The highest BCUT2D eigenvalue weighted by molar-refractivity contribution is 6.04. The first-order chi connectivity index (χ1) is 9.63. The molecule has 0 unspecified atom stereocenters. The highest BCUT2D eigenvalue weighted by Gasteiger charge is 2.29. The monoisotopic (exact) mass is 278 g/mol. The van der Waals surface area contributed by atoms with E-state index in [4.69, 9.17) is 15.2 Å². The molecule has 2 N–H and O–H groups in total. The second kappa shape index (κ2) is 6.27. The normalized spacial score (nSPS) is 13.7. The average molecular weight is 278 g/mol. The number of para-hydroxylation sites is 1. The van der Waals surface area contributed by atoms with Gasteiger partial charge in [-0.3, -0.25) is 14.5 Å². The Labute approximate surface area is 117 Å². The number of rotatable bonds is 5. The van der Waals surface area contributed by atoms with E-state index in [1.165, 1.54) is 4.90 Å². The summed E-state index contributed by atoms with van der Waals surface area (Å²) in [5, 5.41) is 0. The van der Waals surface area contributed by atoms with E-state index >= 15 is 0 Å². The van der Waals surface area contributed by atoms with Crippen LogP contribution < -0.4 is 15.4 Å². The Morgan fingerprint density at radius 3 is 3.05 bits per heavy atom. The molecule has 6 heteroatoms. The van der Waals surface area contributed by atoms with E-state index in [-0.39, 0.29) is 19.1 Å². The van der Waals surface area contributed by atoms with Crippen molar-refractivity contribution in [2.75, 3.05) is 30.4 Å². The van der Waals surface area contributed by atoms with Gasteiger partial charge in [0.1, 0.15) is 18.0 Å². The molecule has 0 bridgehead atoms. The van der Waals surface area contributed by atoms with Gasteiger partial charge in [0.2, 0.25) is 0 Å². The van der Waals surface area contributed by atoms with Gasteiger partial charge in [0, 0.05) is 0 Å². The molecule has 0 saturated carbocycles. The van der Waals surface area contributed by atoms with Gasteiger partial charge in [-0.05, 0) is 18.6 Å². The van der Waals surface area contributed by atoms with Crippen LogP contribution in [0.3, 0.4) is 0 Å². The molecule has 6 nitrogen and oxygen atoms in total. The second-order valence-electron chi connectivity index (χ2n) is 4.54. The zero-order chi connectivity index (χ0) is 14.5. The van der Waals surface area contributed by atoms with Gasteiger partial charge in [-0.1, -0.05) is 19.4 Å². The number of carbonyl (C=O) groups excluding carboxylic acids is 2.